The molecule has 2 rings (SSSR count). The van der Waals surface area contributed by atoms with Crippen LogP contribution in [0.3, 0.4) is 0 Å². The molecule has 80 valence electrons. The number of nitrogen functional groups attached to an aromatic ring is 1. The SMILES string of the molecule is Cn1cncc1CCCn1ccc(N)n1. The summed E-state index contributed by atoms with van der Waals surface area (Å²) in [5.41, 5.74) is 6.77. The van der Waals surface area contributed by atoms with Gasteiger partial charge < -0.3 is 10.3 Å². The van der Waals surface area contributed by atoms with Gasteiger partial charge in [-0.25, -0.2) is 4.98 Å². The van der Waals surface area contributed by atoms with Crippen LogP contribution in [-0.2, 0) is 20.0 Å². The summed E-state index contributed by atoms with van der Waals surface area (Å²) >= 11 is 0. The van der Waals surface area contributed by atoms with Gasteiger partial charge in [-0.3, -0.25) is 4.68 Å². The van der Waals surface area contributed by atoms with Crippen molar-refractivity contribution in [1.82, 2.24) is 19.3 Å². The van der Waals surface area contributed by atoms with E-state index in [1.165, 1.54) is 5.69 Å². The number of aromatic nitrogens is 4. The minimum Gasteiger partial charge on any atom is -0.382 e. The minimum atomic E-state index is 0.579. The van der Waals surface area contributed by atoms with E-state index in [0.717, 1.165) is 19.4 Å². The second-order valence-electron chi connectivity index (χ2n) is 3.60. The van der Waals surface area contributed by atoms with Gasteiger partial charge in [-0.2, -0.15) is 5.10 Å². The van der Waals surface area contributed by atoms with Crippen LogP contribution in [0.1, 0.15) is 12.1 Å². The fraction of sp³-hybridized carbons (Fsp3) is 0.400. The Kier molecular flexibility index (Phi) is 2.71. The van der Waals surface area contributed by atoms with Crippen molar-refractivity contribution in [3.05, 3.63) is 30.5 Å². The lowest BCUT2D eigenvalue weighted by molar-refractivity contribution is 0.572. The molecule has 0 aromatic carbocycles. The lowest BCUT2D eigenvalue weighted by atomic mass is 10.2. The predicted octanol–water partition coefficient (Wildman–Crippen LogP) is 0.832. The molecule has 0 saturated heterocycles. The van der Waals surface area contributed by atoms with Gasteiger partial charge in [-0.05, 0) is 18.9 Å². The molecule has 0 aliphatic rings. The van der Waals surface area contributed by atoms with Crippen molar-refractivity contribution in [2.45, 2.75) is 19.4 Å². The van der Waals surface area contributed by atoms with Gasteiger partial charge in [-0.1, -0.05) is 0 Å². The Labute approximate surface area is 88.5 Å². The first-order chi connectivity index (χ1) is 7.25. The van der Waals surface area contributed by atoms with Crippen molar-refractivity contribution in [2.75, 3.05) is 5.73 Å². The Balaban J connectivity index is 1.83. The molecule has 0 aliphatic heterocycles. The first kappa shape index (κ1) is 9.76. The van der Waals surface area contributed by atoms with Gasteiger partial charge in [0.15, 0.2) is 0 Å². The molecule has 2 heterocycles. The highest BCUT2D eigenvalue weighted by Gasteiger charge is 1.99. The molecule has 15 heavy (non-hydrogen) atoms. The topological polar surface area (TPSA) is 61.7 Å². The van der Waals surface area contributed by atoms with Crippen LogP contribution in [-0.4, -0.2) is 19.3 Å². The van der Waals surface area contributed by atoms with Crippen LogP contribution in [0.15, 0.2) is 24.8 Å². The average molecular weight is 205 g/mol. The van der Waals surface area contributed by atoms with Crippen LogP contribution in [0, 0.1) is 0 Å². The van der Waals surface area contributed by atoms with Crippen LogP contribution in [0.5, 0.6) is 0 Å². The number of imidazole rings is 1. The van der Waals surface area contributed by atoms with Crippen molar-refractivity contribution in [3.8, 4) is 0 Å². The molecule has 0 bridgehead atoms. The van der Waals surface area contributed by atoms with Crippen molar-refractivity contribution in [2.24, 2.45) is 7.05 Å². The Morgan fingerprint density at radius 3 is 2.93 bits per heavy atom. The van der Waals surface area contributed by atoms with E-state index in [4.69, 9.17) is 5.73 Å². The number of aryl methyl sites for hydroxylation is 3. The third kappa shape index (κ3) is 2.37. The molecule has 2 aromatic heterocycles. The van der Waals surface area contributed by atoms with Crippen molar-refractivity contribution >= 4 is 5.82 Å². The van der Waals surface area contributed by atoms with Crippen LogP contribution in [0.2, 0.25) is 0 Å². The van der Waals surface area contributed by atoms with Gasteiger partial charge in [0.05, 0.1) is 6.33 Å². The Morgan fingerprint density at radius 1 is 1.47 bits per heavy atom. The largest absolute Gasteiger partial charge is 0.382 e. The molecule has 0 saturated carbocycles. The lowest BCUT2D eigenvalue weighted by Gasteiger charge is -2.02. The molecule has 0 fully saturated rings. The first-order valence-corrected chi connectivity index (χ1v) is 5.00. The molecule has 2 aromatic rings. The zero-order chi connectivity index (χ0) is 10.7. The van der Waals surface area contributed by atoms with E-state index in [1.54, 1.807) is 0 Å². The summed E-state index contributed by atoms with van der Waals surface area (Å²) in [6, 6.07) is 1.81. The number of nitrogens with zero attached hydrogens (tertiary/aromatic N) is 4. The van der Waals surface area contributed by atoms with E-state index < -0.39 is 0 Å². The molecular formula is C10H15N5. The number of nitrogens with two attached hydrogens (primary N) is 1. The maximum Gasteiger partial charge on any atom is 0.145 e. The standard InChI is InChI=1S/C10H15N5/c1-14-8-12-7-9(14)3-2-5-15-6-4-10(11)13-15/h4,6-8H,2-3,5H2,1H3,(H2,11,13). The van der Waals surface area contributed by atoms with E-state index in [2.05, 4.69) is 10.1 Å². The molecule has 0 unspecified atom stereocenters. The van der Waals surface area contributed by atoms with Gasteiger partial charge in [0.25, 0.3) is 0 Å². The minimum absolute atomic E-state index is 0.579. The summed E-state index contributed by atoms with van der Waals surface area (Å²) in [5, 5.41) is 4.12. The van der Waals surface area contributed by atoms with Crippen molar-refractivity contribution < 1.29 is 0 Å². The molecular weight excluding hydrogens is 190 g/mol. The van der Waals surface area contributed by atoms with Gasteiger partial charge in [-0.15, -0.1) is 0 Å². The van der Waals surface area contributed by atoms with Gasteiger partial charge >= 0.3 is 0 Å². The smallest absolute Gasteiger partial charge is 0.145 e. The monoisotopic (exact) mass is 205 g/mol. The second kappa shape index (κ2) is 4.16. The zero-order valence-electron chi connectivity index (χ0n) is 8.80. The van der Waals surface area contributed by atoms with E-state index in [-0.39, 0.29) is 0 Å². The van der Waals surface area contributed by atoms with E-state index in [1.807, 2.05) is 41.1 Å². The van der Waals surface area contributed by atoms with Crippen LogP contribution in [0.4, 0.5) is 5.82 Å². The lowest BCUT2D eigenvalue weighted by Crippen LogP contribution is -2.02. The quantitative estimate of drug-likeness (QED) is 0.804. The molecule has 5 heteroatoms. The summed E-state index contributed by atoms with van der Waals surface area (Å²) in [6.07, 6.45) is 7.67. The molecule has 0 aliphatic carbocycles. The van der Waals surface area contributed by atoms with Crippen LogP contribution < -0.4 is 5.73 Å². The number of hydrogen-bond acceptors (Lipinski definition) is 3. The third-order valence-corrected chi connectivity index (χ3v) is 2.40. The average Bonchev–Trinajstić information content (AvgIpc) is 2.77. The third-order valence-electron chi connectivity index (χ3n) is 2.40. The number of rotatable bonds is 4. The Hall–Kier alpha value is -1.78. The molecule has 0 radical (unpaired) electrons. The highest BCUT2D eigenvalue weighted by Crippen LogP contribution is 2.03. The summed E-state index contributed by atoms with van der Waals surface area (Å²) in [4.78, 5) is 4.07. The summed E-state index contributed by atoms with van der Waals surface area (Å²) in [6.45, 7) is 0.891. The maximum atomic E-state index is 5.52. The second-order valence-corrected chi connectivity index (χ2v) is 3.60. The zero-order valence-corrected chi connectivity index (χ0v) is 8.80. The van der Waals surface area contributed by atoms with E-state index in [9.17, 15) is 0 Å². The van der Waals surface area contributed by atoms with E-state index in [0.29, 0.717) is 5.82 Å². The van der Waals surface area contributed by atoms with Gasteiger partial charge in [0, 0.05) is 31.7 Å². The molecule has 0 spiro atoms. The summed E-state index contributed by atoms with van der Waals surface area (Å²) in [5.74, 6) is 0.579. The highest BCUT2D eigenvalue weighted by molar-refractivity contribution is 5.23. The molecule has 0 atom stereocenters. The Bertz CT molecular complexity index is 428. The van der Waals surface area contributed by atoms with Gasteiger partial charge in [0.2, 0.25) is 0 Å². The van der Waals surface area contributed by atoms with Crippen LogP contribution in [0.25, 0.3) is 0 Å². The fourth-order valence-electron chi connectivity index (χ4n) is 1.55. The molecule has 0 amide bonds. The summed E-state index contributed by atoms with van der Waals surface area (Å²) in [7, 11) is 2.01. The van der Waals surface area contributed by atoms with Gasteiger partial charge in [0.1, 0.15) is 5.82 Å². The van der Waals surface area contributed by atoms with Crippen molar-refractivity contribution in [3.63, 3.8) is 0 Å². The van der Waals surface area contributed by atoms with Crippen LogP contribution >= 0.6 is 0 Å². The Morgan fingerprint density at radius 2 is 2.33 bits per heavy atom. The maximum absolute atomic E-state index is 5.52. The molecule has 2 N–H and O–H groups in total. The molecule has 5 nitrogen and oxygen atoms in total. The number of anilines is 1. The predicted molar refractivity (Wildman–Crippen MR) is 58.2 cm³/mol. The number of hydrogen-bond donors (Lipinski definition) is 1. The first-order valence-electron chi connectivity index (χ1n) is 5.00. The normalized spacial score (nSPS) is 10.7. The van der Waals surface area contributed by atoms with E-state index >= 15 is 0 Å². The van der Waals surface area contributed by atoms with Crippen molar-refractivity contribution in [1.29, 1.82) is 0 Å². The summed E-state index contributed by atoms with van der Waals surface area (Å²) < 4.78 is 3.91. The fourth-order valence-corrected chi connectivity index (χ4v) is 1.55. The highest BCUT2D eigenvalue weighted by atomic mass is 15.3.